The molecule has 0 spiro atoms. The van der Waals surface area contributed by atoms with Gasteiger partial charge in [-0.15, -0.1) is 0 Å². The summed E-state index contributed by atoms with van der Waals surface area (Å²) in [5.74, 6) is -1.86. The second-order valence-electron chi connectivity index (χ2n) is 12.4. The third-order valence-electron chi connectivity index (χ3n) is 9.14. The molecule has 0 atom stereocenters. The molecule has 51 heavy (non-hydrogen) atoms. The van der Waals surface area contributed by atoms with E-state index in [0.717, 1.165) is 66.8 Å². The van der Waals surface area contributed by atoms with Crippen LogP contribution in [0.25, 0.3) is 66.8 Å². The first-order valence-corrected chi connectivity index (χ1v) is 16.5. The van der Waals surface area contributed by atoms with Gasteiger partial charge in [0.05, 0.1) is 11.1 Å². The number of carbonyl (C=O) groups is 3. The molecule has 246 valence electrons. The van der Waals surface area contributed by atoms with Gasteiger partial charge in [0.25, 0.3) is 0 Å². The molecule has 0 bridgehead atoms. The largest absolute Gasteiger partial charge is 0.478 e. The average molecular weight is 665 g/mol. The highest BCUT2D eigenvalue weighted by Crippen LogP contribution is 2.35. The van der Waals surface area contributed by atoms with Crippen LogP contribution in [0.4, 0.5) is 0 Å². The standard InChI is InChI=1S/C46H32O5/c1-29(47)30-2-4-31(5-3-30)32-6-12-37(13-7-32)42-26-43(38-14-8-33(9-15-38)35-18-22-40(23-19-35)45(48)49)28-44(27-42)39-16-10-34(11-17-39)36-20-24-41(25-21-36)46(50)51/h2-28H,1H3,(H,48,49)(H,50,51). The number of benzene rings is 7. The van der Waals surface area contributed by atoms with Gasteiger partial charge in [-0.2, -0.15) is 0 Å². The highest BCUT2D eigenvalue weighted by atomic mass is 16.4. The Labute approximate surface area is 295 Å². The number of hydrogen-bond acceptors (Lipinski definition) is 3. The van der Waals surface area contributed by atoms with E-state index in [1.807, 2.05) is 72.8 Å². The maximum Gasteiger partial charge on any atom is 0.335 e. The highest BCUT2D eigenvalue weighted by Gasteiger charge is 2.11. The fourth-order valence-corrected chi connectivity index (χ4v) is 6.20. The number of carboxylic acid groups (broad SMARTS) is 2. The zero-order valence-electron chi connectivity index (χ0n) is 27.7. The predicted octanol–water partition coefficient (Wildman–Crippen LogP) is 11.3. The van der Waals surface area contributed by atoms with Gasteiger partial charge in [-0.05, 0) is 116 Å². The number of aromatic carboxylic acids is 2. The fourth-order valence-electron chi connectivity index (χ4n) is 6.20. The molecule has 0 aliphatic heterocycles. The normalized spacial score (nSPS) is 10.8. The maximum absolute atomic E-state index is 11.7. The van der Waals surface area contributed by atoms with Crippen molar-refractivity contribution >= 4 is 17.7 Å². The molecule has 2 N–H and O–H groups in total. The molecule has 0 amide bonds. The number of carboxylic acids is 2. The molecule has 7 rings (SSSR count). The third kappa shape index (κ3) is 7.14. The van der Waals surface area contributed by atoms with Gasteiger partial charge in [-0.3, -0.25) is 4.79 Å². The van der Waals surface area contributed by atoms with E-state index in [-0.39, 0.29) is 16.9 Å². The van der Waals surface area contributed by atoms with Gasteiger partial charge >= 0.3 is 11.9 Å². The molecule has 7 aromatic rings. The Morgan fingerprint density at radius 1 is 0.294 bits per heavy atom. The number of rotatable bonds is 9. The van der Waals surface area contributed by atoms with Crippen molar-refractivity contribution in [2.45, 2.75) is 6.92 Å². The molecule has 7 aromatic carbocycles. The van der Waals surface area contributed by atoms with Gasteiger partial charge in [-0.1, -0.05) is 121 Å². The van der Waals surface area contributed by atoms with Crippen molar-refractivity contribution in [1.29, 1.82) is 0 Å². The van der Waals surface area contributed by atoms with Crippen LogP contribution in [0.2, 0.25) is 0 Å². The summed E-state index contributed by atoms with van der Waals surface area (Å²) in [5, 5.41) is 18.5. The molecule has 0 aromatic heterocycles. The van der Waals surface area contributed by atoms with Gasteiger partial charge in [0.15, 0.2) is 5.78 Å². The monoisotopic (exact) mass is 664 g/mol. The molecule has 5 nitrogen and oxygen atoms in total. The topological polar surface area (TPSA) is 91.7 Å². The Balaban J connectivity index is 1.24. The summed E-state index contributed by atoms with van der Waals surface area (Å²) >= 11 is 0. The summed E-state index contributed by atoms with van der Waals surface area (Å²) < 4.78 is 0. The van der Waals surface area contributed by atoms with Crippen LogP contribution >= 0.6 is 0 Å². The summed E-state index contributed by atoms with van der Waals surface area (Å²) in [6.07, 6.45) is 0. The number of ketones is 1. The van der Waals surface area contributed by atoms with Crippen molar-refractivity contribution in [3.05, 3.63) is 180 Å². The second kappa shape index (κ2) is 13.9. The van der Waals surface area contributed by atoms with Crippen LogP contribution in [0.1, 0.15) is 38.0 Å². The van der Waals surface area contributed by atoms with E-state index in [9.17, 15) is 24.6 Å². The van der Waals surface area contributed by atoms with Crippen LogP contribution in [-0.4, -0.2) is 27.9 Å². The van der Waals surface area contributed by atoms with E-state index >= 15 is 0 Å². The Kier molecular flexibility index (Phi) is 8.94. The number of carbonyl (C=O) groups excluding carboxylic acids is 1. The lowest BCUT2D eigenvalue weighted by Crippen LogP contribution is -1.94. The minimum Gasteiger partial charge on any atom is -0.478 e. The maximum atomic E-state index is 11.7. The van der Waals surface area contributed by atoms with E-state index in [4.69, 9.17) is 0 Å². The van der Waals surface area contributed by atoms with E-state index < -0.39 is 11.9 Å². The molecule has 5 heteroatoms. The van der Waals surface area contributed by atoms with Crippen LogP contribution < -0.4 is 0 Å². The van der Waals surface area contributed by atoms with E-state index in [2.05, 4.69) is 66.7 Å². The molecule has 0 unspecified atom stereocenters. The fraction of sp³-hybridized carbons (Fsp3) is 0.0217. The zero-order valence-corrected chi connectivity index (χ0v) is 27.7. The van der Waals surface area contributed by atoms with Crippen molar-refractivity contribution in [1.82, 2.24) is 0 Å². The van der Waals surface area contributed by atoms with E-state index in [1.165, 1.54) is 0 Å². The minimum atomic E-state index is -0.949. The number of Topliss-reactive ketones (excluding diaryl/α,β-unsaturated/α-hetero) is 1. The minimum absolute atomic E-state index is 0.0423. The Hall–Kier alpha value is -6.85. The molecule has 0 heterocycles. The van der Waals surface area contributed by atoms with Crippen molar-refractivity contribution in [3.8, 4) is 66.8 Å². The first-order chi connectivity index (χ1) is 24.7. The second-order valence-corrected chi connectivity index (χ2v) is 12.4. The van der Waals surface area contributed by atoms with Gasteiger partial charge in [0, 0.05) is 5.56 Å². The summed E-state index contributed by atoms with van der Waals surface area (Å²) in [7, 11) is 0. The molecule has 0 fully saturated rings. The van der Waals surface area contributed by atoms with Crippen LogP contribution in [0.15, 0.2) is 164 Å². The Bertz CT molecular complexity index is 2080. The Morgan fingerprint density at radius 2 is 0.471 bits per heavy atom. The lowest BCUT2D eigenvalue weighted by atomic mass is 9.91. The quantitative estimate of drug-likeness (QED) is 0.150. The van der Waals surface area contributed by atoms with Crippen LogP contribution in [-0.2, 0) is 0 Å². The number of hydrogen-bond donors (Lipinski definition) is 2. The molecular formula is C46H32O5. The lowest BCUT2D eigenvalue weighted by Gasteiger charge is -2.13. The summed E-state index contributed by atoms with van der Waals surface area (Å²) in [5.41, 5.74) is 13.5. The first kappa shape index (κ1) is 32.7. The van der Waals surface area contributed by atoms with E-state index in [0.29, 0.717) is 5.56 Å². The molecule has 0 saturated carbocycles. The summed E-state index contributed by atoms with van der Waals surface area (Å²) in [6, 6.07) is 52.9. The highest BCUT2D eigenvalue weighted by molar-refractivity contribution is 5.94. The molecule has 0 aliphatic carbocycles. The van der Waals surface area contributed by atoms with Gasteiger partial charge in [0.1, 0.15) is 0 Å². The summed E-state index contributed by atoms with van der Waals surface area (Å²) in [4.78, 5) is 34.4. The zero-order chi connectivity index (χ0) is 35.5. The third-order valence-corrected chi connectivity index (χ3v) is 9.14. The first-order valence-electron chi connectivity index (χ1n) is 16.5. The van der Waals surface area contributed by atoms with Crippen LogP contribution in [0.5, 0.6) is 0 Å². The molecule has 0 saturated heterocycles. The van der Waals surface area contributed by atoms with Crippen LogP contribution in [0, 0.1) is 0 Å². The van der Waals surface area contributed by atoms with Crippen molar-refractivity contribution in [3.63, 3.8) is 0 Å². The smallest absolute Gasteiger partial charge is 0.335 e. The predicted molar refractivity (Wildman–Crippen MR) is 203 cm³/mol. The molecule has 0 aliphatic rings. The van der Waals surface area contributed by atoms with Crippen molar-refractivity contribution in [2.24, 2.45) is 0 Å². The molecular weight excluding hydrogens is 633 g/mol. The average Bonchev–Trinajstić information content (AvgIpc) is 3.18. The summed E-state index contributed by atoms with van der Waals surface area (Å²) in [6.45, 7) is 1.57. The van der Waals surface area contributed by atoms with E-state index in [1.54, 1.807) is 31.2 Å². The molecule has 0 radical (unpaired) electrons. The van der Waals surface area contributed by atoms with Crippen molar-refractivity contribution in [2.75, 3.05) is 0 Å². The van der Waals surface area contributed by atoms with Gasteiger partial charge < -0.3 is 10.2 Å². The van der Waals surface area contributed by atoms with Gasteiger partial charge in [-0.25, -0.2) is 9.59 Å². The van der Waals surface area contributed by atoms with Crippen LogP contribution in [0.3, 0.4) is 0 Å². The van der Waals surface area contributed by atoms with Crippen molar-refractivity contribution < 1.29 is 24.6 Å². The lowest BCUT2D eigenvalue weighted by molar-refractivity contribution is 0.0686. The Morgan fingerprint density at radius 3 is 0.667 bits per heavy atom. The van der Waals surface area contributed by atoms with Gasteiger partial charge in [0.2, 0.25) is 0 Å². The SMILES string of the molecule is CC(=O)c1ccc(-c2ccc(-c3cc(-c4ccc(-c5ccc(C(=O)O)cc5)cc4)cc(-c4ccc(-c5ccc(C(=O)O)cc5)cc4)c3)cc2)cc1.